The van der Waals surface area contributed by atoms with Crippen LogP contribution in [0.15, 0.2) is 134 Å². The van der Waals surface area contributed by atoms with Crippen molar-refractivity contribution in [2.24, 2.45) is 0 Å². The van der Waals surface area contributed by atoms with Gasteiger partial charge in [0.1, 0.15) is 17.6 Å². The molecule has 7 rings (SSSR count). The van der Waals surface area contributed by atoms with Crippen LogP contribution in [-0.4, -0.2) is 5.11 Å². The molecule has 61 heavy (non-hydrogen) atoms. The molecule has 0 amide bonds. The van der Waals surface area contributed by atoms with Crippen molar-refractivity contribution in [1.29, 1.82) is 0 Å². The fourth-order valence-corrected chi connectivity index (χ4v) is 8.20. The van der Waals surface area contributed by atoms with Crippen molar-refractivity contribution in [2.75, 3.05) is 0 Å². The van der Waals surface area contributed by atoms with Crippen molar-refractivity contribution in [2.45, 2.75) is 118 Å². The van der Waals surface area contributed by atoms with Gasteiger partial charge in [0.25, 0.3) is 0 Å². The summed E-state index contributed by atoms with van der Waals surface area (Å²) in [6.07, 6.45) is 11.8. The lowest BCUT2D eigenvalue weighted by Crippen LogP contribution is -2.35. The van der Waals surface area contributed by atoms with Crippen LogP contribution in [0.4, 0.5) is 0 Å². The lowest BCUT2D eigenvalue weighted by molar-refractivity contribution is -0.607. The van der Waals surface area contributed by atoms with Crippen LogP contribution in [0.5, 0.6) is 5.75 Å². The van der Waals surface area contributed by atoms with Gasteiger partial charge in [-0.05, 0) is 113 Å². The van der Waals surface area contributed by atoms with E-state index in [9.17, 15) is 5.11 Å². The van der Waals surface area contributed by atoms with E-state index in [0.29, 0.717) is 5.75 Å². The lowest BCUT2D eigenvalue weighted by atomic mass is 9.78. The van der Waals surface area contributed by atoms with Gasteiger partial charge in [-0.25, -0.2) is 0 Å². The van der Waals surface area contributed by atoms with Gasteiger partial charge in [0.05, 0.1) is 11.9 Å². The first-order chi connectivity index (χ1) is 28.7. The summed E-state index contributed by atoms with van der Waals surface area (Å²) in [6.45, 7) is 29.3. The number of phenols is 1. The third kappa shape index (κ3) is 9.27. The molecule has 0 saturated carbocycles. The Bertz CT molecular complexity index is 2650. The molecule has 7 aromatic rings. The van der Waals surface area contributed by atoms with E-state index in [0.717, 1.165) is 44.8 Å². The number of aromatic hydroxyl groups is 1. The Morgan fingerprint density at radius 1 is 0.492 bits per heavy atom. The second-order valence-electron chi connectivity index (χ2n) is 20.5. The zero-order valence-electron chi connectivity index (χ0n) is 38.7. The number of hydrogen-bond donors (Lipinski definition) is 1. The average molecular weight is 805 g/mol. The fraction of sp³-hybridized carbons (Fsp3) is 0.310. The minimum atomic E-state index is -0.283. The van der Waals surface area contributed by atoms with Gasteiger partial charge in [-0.2, -0.15) is 0 Å². The van der Waals surface area contributed by atoms with E-state index < -0.39 is 0 Å². The third-order valence-corrected chi connectivity index (χ3v) is 11.9. The molecular formula is C58H64N2O. The molecule has 2 aromatic heterocycles. The van der Waals surface area contributed by atoms with Crippen molar-refractivity contribution in [3.8, 4) is 61.6 Å². The summed E-state index contributed by atoms with van der Waals surface area (Å²) in [5, 5.41) is 12.4. The molecule has 0 unspecified atom stereocenters. The number of benzene rings is 5. The first kappa shape index (κ1) is 43.3. The standard InChI is InChI=1S/C58H64N2O/c1-38(2)50-28-43(41-23-18-15-19-24-41)29-51(39(3)4)54(50)45-27-44(52-32-47(57(8,9)10)33-53(55(52)61)58(11,12)13)36-60(37-45)49-31-46(56(5,6)7)30-48(34-49)59-26-20-25-42(35-59)40-21-16-14-17-22-40/h14-25,27-35,37-39,61H,1-13H3. The zero-order valence-corrected chi connectivity index (χ0v) is 38.7. The largest absolute Gasteiger partial charge is 0.515 e. The second-order valence-corrected chi connectivity index (χ2v) is 20.5. The van der Waals surface area contributed by atoms with Gasteiger partial charge >= 0.3 is 0 Å². The van der Waals surface area contributed by atoms with Gasteiger partial charge in [-0.15, -0.1) is 12.1 Å². The van der Waals surface area contributed by atoms with Gasteiger partial charge in [0.2, 0.25) is 0 Å². The highest BCUT2D eigenvalue weighted by molar-refractivity contribution is 5.82. The van der Waals surface area contributed by atoms with Crippen molar-refractivity contribution in [1.82, 2.24) is 0 Å². The molecule has 0 bridgehead atoms. The normalized spacial score (nSPS) is 12.4. The molecule has 3 nitrogen and oxygen atoms in total. The second kappa shape index (κ2) is 16.6. The van der Waals surface area contributed by atoms with E-state index in [2.05, 4.69) is 239 Å². The topological polar surface area (TPSA) is 28.0 Å². The van der Waals surface area contributed by atoms with E-state index in [1.807, 2.05) is 6.07 Å². The highest BCUT2D eigenvalue weighted by Gasteiger charge is 2.27. The smallest absolute Gasteiger partial charge is 0.179 e. The Morgan fingerprint density at radius 3 is 1.52 bits per heavy atom. The number of pyridine rings is 2. The molecular weight excluding hydrogens is 741 g/mol. The summed E-state index contributed by atoms with van der Waals surface area (Å²) in [5.74, 6) is 0.809. The molecule has 5 aromatic carbocycles. The average Bonchev–Trinajstić information content (AvgIpc) is 3.22. The summed E-state index contributed by atoms with van der Waals surface area (Å²) in [4.78, 5) is 0. The number of aromatic nitrogens is 2. The third-order valence-electron chi connectivity index (χ3n) is 11.9. The van der Waals surface area contributed by atoms with Gasteiger partial charge in [0, 0.05) is 6.07 Å². The predicted octanol–water partition coefficient (Wildman–Crippen LogP) is 14.4. The van der Waals surface area contributed by atoms with E-state index in [1.165, 1.54) is 38.9 Å². The van der Waals surface area contributed by atoms with Crippen LogP contribution >= 0.6 is 0 Å². The molecule has 0 fully saturated rings. The highest BCUT2D eigenvalue weighted by atomic mass is 16.3. The van der Waals surface area contributed by atoms with Crippen LogP contribution in [0.2, 0.25) is 0 Å². The predicted molar refractivity (Wildman–Crippen MR) is 255 cm³/mol. The number of hydrogen-bond acceptors (Lipinski definition) is 1. The van der Waals surface area contributed by atoms with Crippen molar-refractivity contribution in [3.63, 3.8) is 0 Å². The minimum absolute atomic E-state index is 0.142. The molecule has 312 valence electrons. The highest BCUT2D eigenvalue weighted by Crippen LogP contribution is 2.45. The van der Waals surface area contributed by atoms with Crippen LogP contribution in [0.1, 0.15) is 130 Å². The molecule has 0 aliphatic rings. The van der Waals surface area contributed by atoms with Crippen LogP contribution in [0.3, 0.4) is 0 Å². The van der Waals surface area contributed by atoms with Crippen molar-refractivity contribution in [3.05, 3.63) is 174 Å². The number of phenolic OH excluding ortho intramolecular Hbond substituents is 1. The Morgan fingerprint density at radius 2 is 1.00 bits per heavy atom. The van der Waals surface area contributed by atoms with E-state index in [4.69, 9.17) is 0 Å². The SMILES string of the molecule is CC(C)c1cc(-c2ccccc2)cc(C(C)C)c1-c1cc(-c2cc(C(C)(C)C)cc(C(C)(C)C)c2O)[c-][n+](-c2cc(-[n+]3[c-]ccc(-c4ccccc4)c3)cc(C(C)(C)C)c2)c1. The summed E-state index contributed by atoms with van der Waals surface area (Å²) in [7, 11) is 0. The quantitative estimate of drug-likeness (QED) is 0.120. The van der Waals surface area contributed by atoms with Crippen LogP contribution in [-0.2, 0) is 16.2 Å². The van der Waals surface area contributed by atoms with Crippen molar-refractivity contribution >= 4 is 0 Å². The van der Waals surface area contributed by atoms with E-state index in [-0.39, 0.29) is 28.1 Å². The zero-order chi connectivity index (χ0) is 44.0. The Hall–Kier alpha value is -5.80. The maximum atomic E-state index is 12.4. The molecule has 0 aliphatic carbocycles. The van der Waals surface area contributed by atoms with E-state index in [1.54, 1.807) is 0 Å². The number of rotatable bonds is 8. The monoisotopic (exact) mass is 805 g/mol. The van der Waals surface area contributed by atoms with Crippen LogP contribution in [0, 0.1) is 12.4 Å². The molecule has 0 saturated heterocycles. The van der Waals surface area contributed by atoms with Gasteiger partial charge in [-0.1, -0.05) is 181 Å². The van der Waals surface area contributed by atoms with Crippen LogP contribution in [0.25, 0.3) is 55.9 Å². The van der Waals surface area contributed by atoms with Crippen LogP contribution < -0.4 is 9.13 Å². The molecule has 0 radical (unpaired) electrons. The van der Waals surface area contributed by atoms with E-state index >= 15 is 0 Å². The molecule has 0 atom stereocenters. The molecule has 3 heteroatoms. The van der Waals surface area contributed by atoms with Gasteiger partial charge in [0.15, 0.2) is 12.4 Å². The molecule has 1 N–H and O–H groups in total. The molecule has 0 aliphatic heterocycles. The number of nitrogens with zero attached hydrogens (tertiary/aromatic N) is 2. The Balaban J connectivity index is 1.57. The molecule has 2 heterocycles. The lowest BCUT2D eigenvalue weighted by Gasteiger charge is -2.29. The Labute approximate surface area is 366 Å². The summed E-state index contributed by atoms with van der Waals surface area (Å²) in [6, 6.07) is 43.6. The first-order valence-corrected chi connectivity index (χ1v) is 21.9. The van der Waals surface area contributed by atoms with Gasteiger partial charge < -0.3 is 5.11 Å². The fourth-order valence-electron chi connectivity index (χ4n) is 8.20. The summed E-state index contributed by atoms with van der Waals surface area (Å²) in [5.41, 5.74) is 16.0. The first-order valence-electron chi connectivity index (χ1n) is 21.9. The molecule has 0 spiro atoms. The maximum Gasteiger partial charge on any atom is 0.179 e. The maximum absolute atomic E-state index is 12.4. The Kier molecular flexibility index (Phi) is 11.8. The van der Waals surface area contributed by atoms with Gasteiger partial charge in [-0.3, -0.25) is 9.13 Å². The summed E-state index contributed by atoms with van der Waals surface area (Å²) < 4.78 is 4.28. The minimum Gasteiger partial charge on any atom is -0.515 e. The van der Waals surface area contributed by atoms with Crippen molar-refractivity contribution < 1.29 is 14.2 Å². The summed E-state index contributed by atoms with van der Waals surface area (Å²) >= 11 is 0.